The molecule has 0 aliphatic rings. The summed E-state index contributed by atoms with van der Waals surface area (Å²) in [5.41, 5.74) is 0.374. The van der Waals surface area contributed by atoms with Crippen molar-refractivity contribution in [1.82, 2.24) is 0 Å². The molecule has 0 atom stereocenters. The molecule has 0 saturated carbocycles. The molecular formula is C32H62O11. The minimum Gasteiger partial charge on any atom is -0.460 e. The van der Waals surface area contributed by atoms with Crippen molar-refractivity contribution in [1.29, 1.82) is 0 Å². The fraction of sp³-hybridized carbons (Fsp3) is 0.906. The number of carbonyl (C=O) groups excluding carboxylic acids is 1. The van der Waals surface area contributed by atoms with Gasteiger partial charge in [0.25, 0.3) is 0 Å². The average molecular weight is 623 g/mol. The molecule has 0 aliphatic carbocycles. The van der Waals surface area contributed by atoms with Crippen LogP contribution in [0.25, 0.3) is 0 Å². The maximum atomic E-state index is 11.2. The third-order valence-corrected chi connectivity index (χ3v) is 5.93. The molecule has 0 fully saturated rings. The Morgan fingerprint density at radius 2 is 0.651 bits per heavy atom. The maximum Gasteiger partial charge on any atom is 0.333 e. The van der Waals surface area contributed by atoms with E-state index in [1.54, 1.807) is 6.92 Å². The molecule has 0 unspecified atom stereocenters. The Morgan fingerprint density at radius 3 is 0.953 bits per heavy atom. The lowest BCUT2D eigenvalue weighted by Gasteiger charge is -2.09. The van der Waals surface area contributed by atoms with Gasteiger partial charge in [0.05, 0.1) is 112 Å². The molecule has 0 bridgehead atoms. The van der Waals surface area contributed by atoms with Gasteiger partial charge in [-0.3, -0.25) is 0 Å². The predicted octanol–water partition coefficient (Wildman–Crippen LogP) is 4.40. The van der Waals surface area contributed by atoms with E-state index in [1.165, 1.54) is 44.9 Å². The SMILES string of the molecule is C=C(C)C(=O)OCCOCCOCCOCCOCCOCCOCCOCCOCCOCCCCCCCCCC. The van der Waals surface area contributed by atoms with Gasteiger partial charge in [0.1, 0.15) is 6.61 Å². The van der Waals surface area contributed by atoms with Crippen LogP contribution in [-0.2, 0) is 52.2 Å². The Balaban J connectivity index is 3.06. The highest BCUT2D eigenvalue weighted by Crippen LogP contribution is 2.08. The number of carbonyl (C=O) groups is 1. The second kappa shape index (κ2) is 37.0. The Hall–Kier alpha value is -1.15. The molecule has 11 nitrogen and oxygen atoms in total. The van der Waals surface area contributed by atoms with Crippen molar-refractivity contribution in [3.8, 4) is 0 Å². The molecule has 0 N–H and O–H groups in total. The van der Waals surface area contributed by atoms with Gasteiger partial charge >= 0.3 is 5.97 Å². The minimum absolute atomic E-state index is 0.205. The Labute approximate surface area is 261 Å². The van der Waals surface area contributed by atoms with E-state index in [2.05, 4.69) is 13.5 Å². The van der Waals surface area contributed by atoms with Gasteiger partial charge < -0.3 is 47.4 Å². The summed E-state index contributed by atoms with van der Waals surface area (Å²) < 4.78 is 54.1. The zero-order valence-electron chi connectivity index (χ0n) is 27.3. The van der Waals surface area contributed by atoms with Crippen LogP contribution in [0.4, 0.5) is 0 Å². The summed E-state index contributed by atoms with van der Waals surface area (Å²) in [6.45, 7) is 17.1. The summed E-state index contributed by atoms with van der Waals surface area (Å²) >= 11 is 0. The molecule has 0 saturated heterocycles. The van der Waals surface area contributed by atoms with Gasteiger partial charge in [-0.25, -0.2) is 4.79 Å². The van der Waals surface area contributed by atoms with Gasteiger partial charge in [0.15, 0.2) is 0 Å². The Kier molecular flexibility index (Phi) is 36.0. The Bertz CT molecular complexity index is 578. The van der Waals surface area contributed by atoms with Crippen LogP contribution in [-0.4, -0.2) is 132 Å². The summed E-state index contributed by atoms with van der Waals surface area (Å²) in [7, 11) is 0. The lowest BCUT2D eigenvalue weighted by atomic mass is 10.1. The van der Waals surface area contributed by atoms with Crippen LogP contribution in [0, 0.1) is 0 Å². The smallest absolute Gasteiger partial charge is 0.333 e. The second-order valence-electron chi connectivity index (χ2n) is 9.90. The van der Waals surface area contributed by atoms with Crippen molar-refractivity contribution in [2.24, 2.45) is 0 Å². The standard InChI is InChI=1S/C32H62O11/c1-4-5-6-7-8-9-10-11-12-34-13-14-35-15-16-36-17-18-37-19-20-38-21-22-39-23-24-40-25-26-41-27-28-42-29-30-43-32(33)31(2)3/h2,4-30H2,1,3H3. The van der Waals surface area contributed by atoms with Crippen LogP contribution < -0.4 is 0 Å². The fourth-order valence-electron chi connectivity index (χ4n) is 3.52. The molecular weight excluding hydrogens is 560 g/mol. The first-order chi connectivity index (χ1) is 21.2. The first-order valence-electron chi connectivity index (χ1n) is 16.2. The average Bonchev–Trinajstić information content (AvgIpc) is 3.00. The van der Waals surface area contributed by atoms with Crippen LogP contribution in [0.1, 0.15) is 65.2 Å². The molecule has 0 aromatic heterocycles. The summed E-state index contributed by atoms with van der Waals surface area (Å²) in [5.74, 6) is -0.408. The third-order valence-electron chi connectivity index (χ3n) is 5.93. The molecule has 43 heavy (non-hydrogen) atoms. The molecule has 0 aliphatic heterocycles. The number of esters is 1. The Morgan fingerprint density at radius 1 is 0.395 bits per heavy atom. The maximum absolute atomic E-state index is 11.2. The second-order valence-corrected chi connectivity index (χ2v) is 9.90. The first kappa shape index (κ1) is 41.9. The van der Waals surface area contributed by atoms with Gasteiger partial charge in [-0.2, -0.15) is 0 Å². The molecule has 0 radical (unpaired) electrons. The molecule has 0 aromatic rings. The van der Waals surface area contributed by atoms with E-state index >= 15 is 0 Å². The fourth-order valence-corrected chi connectivity index (χ4v) is 3.52. The predicted molar refractivity (Wildman–Crippen MR) is 166 cm³/mol. The van der Waals surface area contributed by atoms with E-state index in [-0.39, 0.29) is 6.61 Å². The number of hydrogen-bond acceptors (Lipinski definition) is 11. The van der Waals surface area contributed by atoms with Crippen molar-refractivity contribution >= 4 is 5.97 Å². The lowest BCUT2D eigenvalue weighted by molar-refractivity contribution is -0.140. The summed E-state index contributed by atoms with van der Waals surface area (Å²) in [4.78, 5) is 11.2. The van der Waals surface area contributed by atoms with Gasteiger partial charge in [-0.05, 0) is 13.3 Å². The number of unbranched alkanes of at least 4 members (excludes halogenated alkanes) is 7. The van der Waals surface area contributed by atoms with Crippen LogP contribution in [0.2, 0.25) is 0 Å². The molecule has 0 rings (SSSR count). The van der Waals surface area contributed by atoms with E-state index in [9.17, 15) is 4.79 Å². The molecule has 0 amide bonds. The van der Waals surface area contributed by atoms with Crippen molar-refractivity contribution in [2.75, 3.05) is 126 Å². The van der Waals surface area contributed by atoms with E-state index in [4.69, 9.17) is 47.4 Å². The molecule has 0 spiro atoms. The van der Waals surface area contributed by atoms with Crippen LogP contribution in [0.5, 0.6) is 0 Å². The largest absolute Gasteiger partial charge is 0.460 e. The van der Waals surface area contributed by atoms with E-state index in [0.29, 0.717) is 118 Å². The highest BCUT2D eigenvalue weighted by molar-refractivity contribution is 5.86. The third kappa shape index (κ3) is 36.9. The summed E-state index contributed by atoms with van der Waals surface area (Å²) in [6.07, 6.45) is 10.5. The zero-order chi connectivity index (χ0) is 31.3. The quantitative estimate of drug-likeness (QED) is 0.0559. The molecule has 11 heteroatoms. The molecule has 0 heterocycles. The van der Waals surface area contributed by atoms with Crippen molar-refractivity contribution in [2.45, 2.75) is 65.2 Å². The first-order valence-corrected chi connectivity index (χ1v) is 16.2. The lowest BCUT2D eigenvalue weighted by Crippen LogP contribution is -2.15. The van der Waals surface area contributed by atoms with E-state index in [0.717, 1.165) is 13.0 Å². The van der Waals surface area contributed by atoms with Crippen molar-refractivity contribution < 1.29 is 52.2 Å². The van der Waals surface area contributed by atoms with Gasteiger partial charge in [-0.1, -0.05) is 58.4 Å². The van der Waals surface area contributed by atoms with Gasteiger partial charge in [0.2, 0.25) is 0 Å². The van der Waals surface area contributed by atoms with Crippen molar-refractivity contribution in [3.63, 3.8) is 0 Å². The van der Waals surface area contributed by atoms with Crippen LogP contribution in [0.15, 0.2) is 12.2 Å². The topological polar surface area (TPSA) is 109 Å². The summed E-state index contributed by atoms with van der Waals surface area (Å²) in [6, 6.07) is 0. The minimum atomic E-state index is -0.408. The highest BCUT2D eigenvalue weighted by Gasteiger charge is 2.02. The van der Waals surface area contributed by atoms with Gasteiger partial charge in [0, 0.05) is 12.2 Å². The number of ether oxygens (including phenoxy) is 10. The van der Waals surface area contributed by atoms with E-state index < -0.39 is 5.97 Å². The van der Waals surface area contributed by atoms with Crippen LogP contribution in [0.3, 0.4) is 0 Å². The highest BCUT2D eigenvalue weighted by atomic mass is 16.6. The monoisotopic (exact) mass is 622 g/mol. The molecule has 0 aromatic carbocycles. The number of hydrogen-bond donors (Lipinski definition) is 0. The number of rotatable bonds is 37. The van der Waals surface area contributed by atoms with Gasteiger partial charge in [-0.15, -0.1) is 0 Å². The summed E-state index contributed by atoms with van der Waals surface area (Å²) in [5, 5.41) is 0. The zero-order valence-corrected chi connectivity index (χ0v) is 27.3. The van der Waals surface area contributed by atoms with Crippen molar-refractivity contribution in [3.05, 3.63) is 12.2 Å². The van der Waals surface area contributed by atoms with E-state index in [1.807, 2.05) is 0 Å². The molecule has 256 valence electrons. The van der Waals surface area contributed by atoms with Crippen LogP contribution >= 0.6 is 0 Å². The normalized spacial score (nSPS) is 11.3.